The van der Waals surface area contributed by atoms with Crippen molar-refractivity contribution in [1.82, 2.24) is 4.98 Å². The van der Waals surface area contributed by atoms with Crippen molar-refractivity contribution in [3.05, 3.63) is 18.3 Å². The smallest absolute Gasteiger partial charge is 0.414 e. The summed E-state index contributed by atoms with van der Waals surface area (Å²) in [4.78, 5) is 16.1. The van der Waals surface area contributed by atoms with Gasteiger partial charge in [-0.25, -0.2) is 9.78 Å². The SMILES string of the molecule is COC(=O)N(C)c1ccc(O)cn1. The molecule has 1 aromatic rings. The van der Waals surface area contributed by atoms with Gasteiger partial charge in [0.1, 0.15) is 11.6 Å². The van der Waals surface area contributed by atoms with Crippen molar-refractivity contribution in [2.24, 2.45) is 0 Å². The lowest BCUT2D eigenvalue weighted by molar-refractivity contribution is 0.180. The number of methoxy groups -OCH3 is 1. The number of ether oxygens (including phenoxy) is 1. The van der Waals surface area contributed by atoms with E-state index in [2.05, 4.69) is 9.72 Å². The second-order valence-corrected chi connectivity index (χ2v) is 2.40. The van der Waals surface area contributed by atoms with Crippen molar-refractivity contribution >= 4 is 11.9 Å². The minimum Gasteiger partial charge on any atom is -0.506 e. The number of rotatable bonds is 1. The van der Waals surface area contributed by atoms with Gasteiger partial charge in [0.15, 0.2) is 0 Å². The lowest BCUT2D eigenvalue weighted by Gasteiger charge is -2.13. The Hall–Kier alpha value is -1.78. The van der Waals surface area contributed by atoms with Crippen LogP contribution in [0.5, 0.6) is 5.75 Å². The fourth-order valence-electron chi connectivity index (χ4n) is 0.807. The predicted octanol–water partition coefficient (Wildman–Crippen LogP) is 0.990. The molecule has 0 spiro atoms. The predicted molar refractivity (Wildman–Crippen MR) is 46.7 cm³/mol. The summed E-state index contributed by atoms with van der Waals surface area (Å²) in [7, 11) is 2.82. The molecule has 70 valence electrons. The zero-order valence-corrected chi connectivity index (χ0v) is 7.39. The molecule has 1 aromatic heterocycles. The van der Waals surface area contributed by atoms with Crippen LogP contribution in [-0.4, -0.2) is 30.3 Å². The highest BCUT2D eigenvalue weighted by atomic mass is 16.5. The van der Waals surface area contributed by atoms with Gasteiger partial charge in [-0.1, -0.05) is 0 Å². The molecule has 0 aliphatic carbocycles. The molecule has 1 rings (SSSR count). The molecule has 0 fully saturated rings. The second kappa shape index (κ2) is 3.75. The number of carbonyl (C=O) groups is 1. The van der Waals surface area contributed by atoms with Crippen molar-refractivity contribution in [2.45, 2.75) is 0 Å². The summed E-state index contributed by atoms with van der Waals surface area (Å²) in [6.45, 7) is 0. The molecule has 0 aliphatic heterocycles. The Kier molecular flexibility index (Phi) is 2.69. The Balaban J connectivity index is 2.83. The minimum atomic E-state index is -0.502. The van der Waals surface area contributed by atoms with Gasteiger partial charge in [0.25, 0.3) is 0 Å². The molecule has 0 unspecified atom stereocenters. The number of hydrogen-bond acceptors (Lipinski definition) is 4. The van der Waals surface area contributed by atoms with Gasteiger partial charge in [-0.2, -0.15) is 0 Å². The monoisotopic (exact) mass is 182 g/mol. The number of amides is 1. The van der Waals surface area contributed by atoms with Crippen molar-refractivity contribution in [1.29, 1.82) is 0 Å². The average Bonchev–Trinajstić information content (AvgIpc) is 2.17. The first kappa shape index (κ1) is 9.31. The molecule has 13 heavy (non-hydrogen) atoms. The third-order valence-corrected chi connectivity index (χ3v) is 1.52. The second-order valence-electron chi connectivity index (χ2n) is 2.40. The standard InChI is InChI=1S/C8H10N2O3/c1-10(8(12)13-2)7-4-3-6(11)5-9-7/h3-5,11H,1-2H3. The molecular weight excluding hydrogens is 172 g/mol. The van der Waals surface area contributed by atoms with Crippen LogP contribution < -0.4 is 4.90 Å². The zero-order valence-electron chi connectivity index (χ0n) is 7.39. The van der Waals surface area contributed by atoms with Crippen molar-refractivity contribution < 1.29 is 14.6 Å². The van der Waals surface area contributed by atoms with Gasteiger partial charge in [0.2, 0.25) is 0 Å². The van der Waals surface area contributed by atoms with Crippen LogP contribution in [0.1, 0.15) is 0 Å². The van der Waals surface area contributed by atoms with E-state index in [1.165, 1.54) is 37.4 Å². The van der Waals surface area contributed by atoms with E-state index in [1.54, 1.807) is 0 Å². The molecule has 5 heteroatoms. The van der Waals surface area contributed by atoms with Gasteiger partial charge in [-0.3, -0.25) is 4.90 Å². The topological polar surface area (TPSA) is 62.7 Å². The highest BCUT2D eigenvalue weighted by Crippen LogP contribution is 2.13. The van der Waals surface area contributed by atoms with E-state index < -0.39 is 6.09 Å². The van der Waals surface area contributed by atoms with Gasteiger partial charge in [0.05, 0.1) is 13.3 Å². The Morgan fingerprint density at radius 2 is 2.31 bits per heavy atom. The van der Waals surface area contributed by atoms with E-state index >= 15 is 0 Å². The number of carbonyl (C=O) groups excluding carboxylic acids is 1. The molecule has 1 amide bonds. The summed E-state index contributed by atoms with van der Waals surface area (Å²) in [6.07, 6.45) is 0.757. The van der Waals surface area contributed by atoms with E-state index in [9.17, 15) is 4.79 Å². The van der Waals surface area contributed by atoms with Gasteiger partial charge in [-0.05, 0) is 12.1 Å². The van der Waals surface area contributed by atoms with Gasteiger partial charge in [0, 0.05) is 7.05 Å². The molecule has 0 bridgehead atoms. The van der Waals surface area contributed by atoms with Gasteiger partial charge in [-0.15, -0.1) is 0 Å². The van der Waals surface area contributed by atoms with Crippen LogP contribution >= 0.6 is 0 Å². The van der Waals surface area contributed by atoms with Crippen LogP contribution in [0.15, 0.2) is 18.3 Å². The lowest BCUT2D eigenvalue weighted by Crippen LogP contribution is -2.26. The maximum atomic E-state index is 11.0. The van der Waals surface area contributed by atoms with Crippen molar-refractivity contribution in [3.8, 4) is 5.75 Å². The number of anilines is 1. The quantitative estimate of drug-likeness (QED) is 0.703. The minimum absolute atomic E-state index is 0.0574. The Labute approximate surface area is 75.6 Å². The maximum absolute atomic E-state index is 11.0. The molecule has 1 N–H and O–H groups in total. The molecule has 0 radical (unpaired) electrons. The fourth-order valence-corrected chi connectivity index (χ4v) is 0.807. The first-order chi connectivity index (χ1) is 6.15. The van der Waals surface area contributed by atoms with Crippen LogP contribution in [0.3, 0.4) is 0 Å². The normalized spacial score (nSPS) is 9.38. The number of aromatic nitrogens is 1. The lowest BCUT2D eigenvalue weighted by atomic mass is 10.4. The number of hydrogen-bond donors (Lipinski definition) is 1. The Morgan fingerprint density at radius 1 is 1.62 bits per heavy atom. The van der Waals surface area contributed by atoms with Gasteiger partial charge >= 0.3 is 6.09 Å². The molecule has 0 aromatic carbocycles. The van der Waals surface area contributed by atoms with E-state index in [1.807, 2.05) is 0 Å². The molecule has 0 saturated heterocycles. The summed E-state index contributed by atoms with van der Waals surface area (Å²) < 4.78 is 4.48. The number of nitrogens with zero attached hydrogens (tertiary/aromatic N) is 2. The fraction of sp³-hybridized carbons (Fsp3) is 0.250. The molecule has 5 nitrogen and oxygen atoms in total. The third kappa shape index (κ3) is 2.08. The first-order valence-corrected chi connectivity index (χ1v) is 3.62. The number of aromatic hydroxyl groups is 1. The Bertz CT molecular complexity index is 297. The summed E-state index contributed by atoms with van der Waals surface area (Å²) in [5, 5.41) is 8.94. The van der Waals surface area contributed by atoms with Crippen LogP contribution in [0.2, 0.25) is 0 Å². The molecule has 0 aliphatic rings. The van der Waals surface area contributed by atoms with Gasteiger partial charge < -0.3 is 9.84 Å². The highest BCUT2D eigenvalue weighted by Gasteiger charge is 2.10. The van der Waals surface area contributed by atoms with E-state index in [0.717, 1.165) is 0 Å². The summed E-state index contributed by atoms with van der Waals surface area (Å²) in [6, 6.07) is 2.97. The van der Waals surface area contributed by atoms with Crippen LogP contribution in [-0.2, 0) is 4.74 Å². The highest BCUT2D eigenvalue weighted by molar-refractivity contribution is 5.85. The van der Waals surface area contributed by atoms with Crippen LogP contribution in [0.4, 0.5) is 10.6 Å². The largest absolute Gasteiger partial charge is 0.506 e. The van der Waals surface area contributed by atoms with Crippen LogP contribution in [0.25, 0.3) is 0 Å². The van der Waals surface area contributed by atoms with Crippen molar-refractivity contribution in [3.63, 3.8) is 0 Å². The van der Waals surface area contributed by atoms with Crippen molar-refractivity contribution in [2.75, 3.05) is 19.1 Å². The first-order valence-electron chi connectivity index (χ1n) is 3.62. The third-order valence-electron chi connectivity index (χ3n) is 1.52. The average molecular weight is 182 g/mol. The summed E-state index contributed by atoms with van der Waals surface area (Å²) in [5.41, 5.74) is 0. The Morgan fingerprint density at radius 3 is 2.77 bits per heavy atom. The number of pyridine rings is 1. The zero-order chi connectivity index (χ0) is 9.84. The van der Waals surface area contributed by atoms with E-state index in [-0.39, 0.29) is 5.75 Å². The maximum Gasteiger partial charge on any atom is 0.414 e. The summed E-state index contributed by atoms with van der Waals surface area (Å²) in [5.74, 6) is 0.478. The van der Waals surface area contributed by atoms with E-state index in [0.29, 0.717) is 5.82 Å². The van der Waals surface area contributed by atoms with Crippen LogP contribution in [0, 0.1) is 0 Å². The summed E-state index contributed by atoms with van der Waals surface area (Å²) >= 11 is 0. The van der Waals surface area contributed by atoms with E-state index in [4.69, 9.17) is 5.11 Å². The molecule has 0 atom stereocenters. The molecular formula is C8H10N2O3. The molecule has 0 saturated carbocycles. The molecule has 1 heterocycles.